The van der Waals surface area contributed by atoms with Crippen LogP contribution in [0, 0.1) is 18.6 Å². The first-order valence-electron chi connectivity index (χ1n) is 5.65. The second kappa shape index (κ2) is 3.81. The average Bonchev–Trinajstić information content (AvgIpc) is 2.56. The summed E-state index contributed by atoms with van der Waals surface area (Å²) in [5.74, 6) is -1.42. The maximum Gasteiger partial charge on any atom is 0.162 e. The summed E-state index contributed by atoms with van der Waals surface area (Å²) in [6.45, 7) is 3.54. The zero-order valence-electron chi connectivity index (χ0n) is 9.69. The van der Waals surface area contributed by atoms with Crippen molar-refractivity contribution in [3.8, 4) is 0 Å². The Bertz CT molecular complexity index is 417. The molecule has 0 radical (unpaired) electrons. The molecule has 2 N–H and O–H groups in total. The van der Waals surface area contributed by atoms with E-state index in [-0.39, 0.29) is 11.5 Å². The quantitative estimate of drug-likeness (QED) is 0.781. The summed E-state index contributed by atoms with van der Waals surface area (Å²) in [6.07, 6.45) is 2.44. The Hall–Kier alpha value is -0.960. The first kappa shape index (κ1) is 11.5. The van der Waals surface area contributed by atoms with Crippen LogP contribution in [-0.4, -0.2) is 6.04 Å². The highest BCUT2D eigenvalue weighted by molar-refractivity contribution is 5.32. The molecule has 2 unspecified atom stereocenters. The normalized spacial score (nSPS) is 29.7. The fourth-order valence-corrected chi connectivity index (χ4v) is 2.64. The van der Waals surface area contributed by atoms with Crippen molar-refractivity contribution in [1.82, 2.24) is 0 Å². The van der Waals surface area contributed by atoms with Gasteiger partial charge in [-0.25, -0.2) is 8.78 Å². The zero-order valence-corrected chi connectivity index (χ0v) is 9.69. The molecule has 1 fully saturated rings. The summed E-state index contributed by atoms with van der Waals surface area (Å²) in [5, 5.41) is 0. The highest BCUT2D eigenvalue weighted by atomic mass is 19.2. The highest BCUT2D eigenvalue weighted by Crippen LogP contribution is 2.41. The number of rotatable bonds is 1. The fourth-order valence-electron chi connectivity index (χ4n) is 2.64. The molecule has 1 saturated carbocycles. The smallest absolute Gasteiger partial charge is 0.162 e. The highest BCUT2D eigenvalue weighted by Gasteiger charge is 2.37. The molecule has 1 nitrogen and oxygen atoms in total. The third kappa shape index (κ3) is 1.73. The Morgan fingerprint density at radius 1 is 1.31 bits per heavy atom. The number of aryl methyl sites for hydroxylation is 1. The predicted molar refractivity (Wildman–Crippen MR) is 60.3 cm³/mol. The van der Waals surface area contributed by atoms with E-state index < -0.39 is 11.6 Å². The minimum Gasteiger partial charge on any atom is -0.328 e. The van der Waals surface area contributed by atoms with Crippen molar-refractivity contribution in [3.63, 3.8) is 0 Å². The van der Waals surface area contributed by atoms with E-state index in [1.807, 2.05) is 6.92 Å². The Kier molecular flexibility index (Phi) is 2.74. The number of hydrogen-bond donors (Lipinski definition) is 1. The van der Waals surface area contributed by atoms with E-state index in [0.717, 1.165) is 19.3 Å². The molecule has 88 valence electrons. The monoisotopic (exact) mass is 225 g/mol. The fraction of sp³-hybridized carbons (Fsp3) is 0.538. The van der Waals surface area contributed by atoms with Gasteiger partial charge in [-0.2, -0.15) is 0 Å². The molecule has 0 aromatic heterocycles. The minimum absolute atomic E-state index is 0.105. The van der Waals surface area contributed by atoms with Crippen LogP contribution in [0.15, 0.2) is 12.1 Å². The molecule has 0 saturated heterocycles. The Balaban J connectivity index is 2.45. The van der Waals surface area contributed by atoms with E-state index in [4.69, 9.17) is 5.73 Å². The second-order valence-corrected chi connectivity index (χ2v) is 5.12. The maximum absolute atomic E-state index is 13.9. The van der Waals surface area contributed by atoms with Crippen LogP contribution in [0.2, 0.25) is 0 Å². The van der Waals surface area contributed by atoms with E-state index in [9.17, 15) is 8.78 Å². The summed E-state index contributed by atoms with van der Waals surface area (Å²) in [7, 11) is 0. The lowest BCUT2D eigenvalue weighted by atomic mass is 9.80. The van der Waals surface area contributed by atoms with Crippen molar-refractivity contribution in [2.24, 2.45) is 5.73 Å². The van der Waals surface area contributed by atoms with Gasteiger partial charge in [0.2, 0.25) is 0 Å². The number of nitrogens with two attached hydrogens (primary N) is 1. The van der Waals surface area contributed by atoms with Crippen LogP contribution >= 0.6 is 0 Å². The van der Waals surface area contributed by atoms with Gasteiger partial charge >= 0.3 is 0 Å². The summed E-state index contributed by atoms with van der Waals surface area (Å²) < 4.78 is 27.4. The van der Waals surface area contributed by atoms with E-state index in [1.54, 1.807) is 19.1 Å². The Labute approximate surface area is 94.7 Å². The molecule has 0 heterocycles. The van der Waals surface area contributed by atoms with E-state index in [0.29, 0.717) is 11.1 Å². The van der Waals surface area contributed by atoms with Crippen molar-refractivity contribution in [2.75, 3.05) is 0 Å². The third-order valence-corrected chi connectivity index (χ3v) is 3.71. The van der Waals surface area contributed by atoms with E-state index in [2.05, 4.69) is 0 Å². The standard InChI is InChI=1S/C13H17F2N/c1-8-3-4-10(12(15)11(8)14)13(2)6-5-9(16)7-13/h3-4,9H,5-7,16H2,1-2H3. The molecular formula is C13H17F2N. The molecule has 3 heteroatoms. The van der Waals surface area contributed by atoms with Gasteiger partial charge < -0.3 is 5.73 Å². The van der Waals surface area contributed by atoms with Gasteiger partial charge in [-0.05, 0) is 42.7 Å². The first-order chi connectivity index (χ1) is 7.44. The summed E-state index contributed by atoms with van der Waals surface area (Å²) in [4.78, 5) is 0. The van der Waals surface area contributed by atoms with Gasteiger partial charge in [-0.15, -0.1) is 0 Å². The number of benzene rings is 1. The molecule has 0 bridgehead atoms. The van der Waals surface area contributed by atoms with Crippen LogP contribution in [0.5, 0.6) is 0 Å². The Morgan fingerprint density at radius 2 is 2.00 bits per heavy atom. The van der Waals surface area contributed by atoms with Crippen molar-refractivity contribution in [2.45, 2.75) is 44.6 Å². The molecule has 1 aromatic carbocycles. The van der Waals surface area contributed by atoms with Gasteiger partial charge in [-0.1, -0.05) is 19.1 Å². The molecular weight excluding hydrogens is 208 g/mol. The van der Waals surface area contributed by atoms with Gasteiger partial charge in [-0.3, -0.25) is 0 Å². The second-order valence-electron chi connectivity index (χ2n) is 5.12. The van der Waals surface area contributed by atoms with Crippen LogP contribution in [-0.2, 0) is 5.41 Å². The number of hydrogen-bond acceptors (Lipinski definition) is 1. The van der Waals surface area contributed by atoms with Crippen molar-refractivity contribution in [3.05, 3.63) is 34.9 Å². The van der Waals surface area contributed by atoms with Gasteiger partial charge in [0.1, 0.15) is 0 Å². The predicted octanol–water partition coefficient (Wildman–Crippen LogP) is 3.04. The molecule has 2 atom stereocenters. The molecule has 1 aliphatic carbocycles. The molecule has 0 aliphatic heterocycles. The van der Waals surface area contributed by atoms with Crippen LogP contribution in [0.1, 0.15) is 37.3 Å². The summed E-state index contributed by atoms with van der Waals surface area (Å²) in [6, 6.07) is 3.45. The first-order valence-corrected chi connectivity index (χ1v) is 5.65. The number of halogens is 2. The SMILES string of the molecule is Cc1ccc(C2(C)CCC(N)C2)c(F)c1F. The maximum atomic E-state index is 13.9. The van der Waals surface area contributed by atoms with Gasteiger partial charge in [0, 0.05) is 6.04 Å². The lowest BCUT2D eigenvalue weighted by molar-refractivity contribution is 0.423. The van der Waals surface area contributed by atoms with Crippen molar-refractivity contribution in [1.29, 1.82) is 0 Å². The van der Waals surface area contributed by atoms with Crippen molar-refractivity contribution < 1.29 is 8.78 Å². The van der Waals surface area contributed by atoms with Gasteiger partial charge in [0.15, 0.2) is 11.6 Å². The zero-order chi connectivity index (χ0) is 11.9. The van der Waals surface area contributed by atoms with Crippen LogP contribution in [0.3, 0.4) is 0 Å². The molecule has 16 heavy (non-hydrogen) atoms. The van der Waals surface area contributed by atoms with Gasteiger partial charge in [0.25, 0.3) is 0 Å². The topological polar surface area (TPSA) is 26.0 Å². The summed E-state index contributed by atoms with van der Waals surface area (Å²) in [5.41, 5.74) is 6.37. The van der Waals surface area contributed by atoms with Gasteiger partial charge in [0.05, 0.1) is 0 Å². The van der Waals surface area contributed by atoms with Crippen LogP contribution in [0.25, 0.3) is 0 Å². The van der Waals surface area contributed by atoms with Crippen molar-refractivity contribution >= 4 is 0 Å². The molecule has 2 rings (SSSR count). The largest absolute Gasteiger partial charge is 0.328 e. The van der Waals surface area contributed by atoms with E-state index in [1.165, 1.54) is 0 Å². The lowest BCUT2D eigenvalue weighted by Gasteiger charge is -2.25. The van der Waals surface area contributed by atoms with Crippen LogP contribution < -0.4 is 5.73 Å². The third-order valence-electron chi connectivity index (χ3n) is 3.71. The lowest BCUT2D eigenvalue weighted by Crippen LogP contribution is -2.24. The molecule has 0 amide bonds. The molecule has 0 spiro atoms. The molecule has 1 aliphatic rings. The Morgan fingerprint density at radius 3 is 2.56 bits per heavy atom. The summed E-state index contributed by atoms with van der Waals surface area (Å²) >= 11 is 0. The van der Waals surface area contributed by atoms with Crippen LogP contribution in [0.4, 0.5) is 8.78 Å². The average molecular weight is 225 g/mol. The van der Waals surface area contributed by atoms with E-state index >= 15 is 0 Å². The minimum atomic E-state index is -0.723. The molecule has 1 aromatic rings.